The summed E-state index contributed by atoms with van der Waals surface area (Å²) in [6.07, 6.45) is 0. The standard InChI is InChI=1S/C29H35N5P/c1-4-32-20-22-33(23-21-32)35(28-18-12-7-13-19-28,31-26-14-8-5-9-15-26)29-24(2)30-34(25(29)3)27-16-10-6-11-17-27/h5-19,31H,4,20-23H2,1-3H3/q+1. The molecule has 180 valence electrons. The summed E-state index contributed by atoms with van der Waals surface area (Å²) in [6, 6.07) is 32.2. The van der Waals surface area contributed by atoms with E-state index in [4.69, 9.17) is 5.10 Å². The Morgan fingerprint density at radius 1 is 0.771 bits per heavy atom. The number of benzene rings is 3. The van der Waals surface area contributed by atoms with Gasteiger partial charge < -0.3 is 4.90 Å². The number of hydrogen-bond donors (Lipinski definition) is 1. The van der Waals surface area contributed by atoms with Gasteiger partial charge in [0.25, 0.3) is 0 Å². The van der Waals surface area contributed by atoms with Crippen molar-refractivity contribution in [2.75, 3.05) is 37.8 Å². The van der Waals surface area contributed by atoms with Gasteiger partial charge in [0.15, 0.2) is 5.30 Å². The summed E-state index contributed by atoms with van der Waals surface area (Å²) in [5.74, 6) is 0. The van der Waals surface area contributed by atoms with Gasteiger partial charge in [-0.1, -0.05) is 61.5 Å². The molecule has 4 aromatic rings. The van der Waals surface area contributed by atoms with Crippen molar-refractivity contribution in [2.45, 2.75) is 20.8 Å². The molecular formula is C29H35N5P+. The first-order valence-electron chi connectivity index (χ1n) is 12.5. The molecule has 0 aliphatic carbocycles. The largest absolute Gasteiger partial charge is 0.301 e. The van der Waals surface area contributed by atoms with E-state index in [1.54, 1.807) is 0 Å². The van der Waals surface area contributed by atoms with Crippen LogP contribution in [0.5, 0.6) is 0 Å². The molecule has 6 heteroatoms. The van der Waals surface area contributed by atoms with E-state index in [1.165, 1.54) is 16.3 Å². The molecule has 0 radical (unpaired) electrons. The number of nitrogens with zero attached hydrogens (tertiary/aromatic N) is 4. The van der Waals surface area contributed by atoms with Crippen LogP contribution in [0.2, 0.25) is 0 Å². The van der Waals surface area contributed by atoms with Crippen LogP contribution in [-0.2, 0) is 0 Å². The van der Waals surface area contributed by atoms with Gasteiger partial charge in [0.1, 0.15) is 11.0 Å². The predicted octanol–water partition coefficient (Wildman–Crippen LogP) is 5.04. The Morgan fingerprint density at radius 3 is 1.94 bits per heavy atom. The Bertz CT molecular complexity index is 1230. The Kier molecular flexibility index (Phi) is 7.01. The van der Waals surface area contributed by atoms with E-state index in [0.29, 0.717) is 0 Å². The fourth-order valence-corrected chi connectivity index (χ4v) is 9.48. The maximum atomic E-state index is 5.11. The van der Waals surface area contributed by atoms with Crippen molar-refractivity contribution in [1.29, 1.82) is 0 Å². The van der Waals surface area contributed by atoms with Crippen LogP contribution in [0, 0.1) is 13.8 Å². The number of anilines is 1. The van der Waals surface area contributed by atoms with E-state index in [1.807, 2.05) is 0 Å². The lowest BCUT2D eigenvalue weighted by atomic mass is 10.3. The summed E-state index contributed by atoms with van der Waals surface area (Å²) < 4.78 is 4.85. The number of nitrogens with one attached hydrogen (secondary N) is 1. The van der Waals surface area contributed by atoms with E-state index < -0.39 is 7.56 Å². The second kappa shape index (κ2) is 10.3. The number of para-hydroxylation sites is 2. The molecular weight excluding hydrogens is 449 g/mol. The number of aryl methyl sites for hydroxylation is 1. The lowest BCUT2D eigenvalue weighted by Gasteiger charge is -2.41. The Morgan fingerprint density at radius 2 is 1.34 bits per heavy atom. The third kappa shape index (κ3) is 4.52. The number of rotatable bonds is 7. The van der Waals surface area contributed by atoms with Crippen LogP contribution in [0.3, 0.4) is 0 Å². The highest BCUT2D eigenvalue weighted by molar-refractivity contribution is 7.88. The Balaban J connectivity index is 1.74. The molecule has 1 aliphatic heterocycles. The molecule has 1 unspecified atom stereocenters. The number of hydrogen-bond acceptors (Lipinski definition) is 4. The fraction of sp³-hybridized carbons (Fsp3) is 0.276. The van der Waals surface area contributed by atoms with Crippen LogP contribution < -0.4 is 15.7 Å². The third-order valence-corrected chi connectivity index (χ3v) is 11.2. The number of piperazine rings is 1. The summed E-state index contributed by atoms with van der Waals surface area (Å²) in [4.78, 5) is 2.55. The zero-order valence-corrected chi connectivity index (χ0v) is 21.8. The highest BCUT2D eigenvalue weighted by atomic mass is 31.2. The van der Waals surface area contributed by atoms with Crippen molar-refractivity contribution in [3.05, 3.63) is 102 Å². The topological polar surface area (TPSA) is 36.3 Å². The molecule has 1 fully saturated rings. The van der Waals surface area contributed by atoms with Crippen LogP contribution in [0.15, 0.2) is 91.0 Å². The molecule has 0 amide bonds. The average molecular weight is 485 g/mol. The van der Waals surface area contributed by atoms with Crippen LogP contribution >= 0.6 is 7.56 Å². The molecule has 3 aromatic carbocycles. The highest BCUT2D eigenvalue weighted by Crippen LogP contribution is 2.60. The highest BCUT2D eigenvalue weighted by Gasteiger charge is 2.54. The van der Waals surface area contributed by atoms with Gasteiger partial charge in [-0.15, -0.1) is 4.67 Å². The lowest BCUT2D eigenvalue weighted by molar-refractivity contribution is 0.200. The first kappa shape index (κ1) is 23.7. The van der Waals surface area contributed by atoms with Crippen LogP contribution in [-0.4, -0.2) is 52.1 Å². The molecule has 0 spiro atoms. The second-order valence-electron chi connectivity index (χ2n) is 9.10. The number of likely N-dealkylation sites (N-methyl/N-ethyl adjacent to an activating group) is 1. The van der Waals surface area contributed by atoms with Crippen molar-refractivity contribution >= 4 is 23.9 Å². The molecule has 5 rings (SSSR count). The molecule has 0 bridgehead atoms. The fourth-order valence-electron chi connectivity index (χ4n) is 5.25. The molecule has 1 aliphatic rings. The van der Waals surface area contributed by atoms with Crippen LogP contribution in [0.25, 0.3) is 5.69 Å². The normalized spacial score (nSPS) is 16.7. The third-order valence-electron chi connectivity index (χ3n) is 6.99. The van der Waals surface area contributed by atoms with Gasteiger partial charge in [-0.2, -0.15) is 5.10 Å². The smallest absolute Gasteiger partial charge is 0.242 e. The summed E-state index contributed by atoms with van der Waals surface area (Å²) in [5, 5.41) is 11.9. The van der Waals surface area contributed by atoms with Gasteiger partial charge in [0.2, 0.25) is 7.56 Å². The zero-order valence-electron chi connectivity index (χ0n) is 20.9. The van der Waals surface area contributed by atoms with Gasteiger partial charge >= 0.3 is 0 Å². The van der Waals surface area contributed by atoms with E-state index in [9.17, 15) is 0 Å². The SMILES string of the molecule is CCN1CCN([P+](Nc2ccccc2)(c2ccccc2)c2c(C)nn(-c3ccccc3)c2C)CC1. The van der Waals surface area contributed by atoms with Crippen molar-refractivity contribution in [1.82, 2.24) is 19.4 Å². The average Bonchev–Trinajstić information content (AvgIpc) is 3.23. The van der Waals surface area contributed by atoms with Crippen molar-refractivity contribution in [2.24, 2.45) is 0 Å². The minimum absolute atomic E-state index is 1.02. The number of aromatic nitrogens is 2. The van der Waals surface area contributed by atoms with Gasteiger partial charge in [-0.25, -0.2) is 9.77 Å². The molecule has 5 nitrogen and oxygen atoms in total. The van der Waals surface area contributed by atoms with Gasteiger partial charge in [0, 0.05) is 26.2 Å². The van der Waals surface area contributed by atoms with E-state index >= 15 is 0 Å². The van der Waals surface area contributed by atoms with Crippen molar-refractivity contribution < 1.29 is 0 Å². The maximum Gasteiger partial charge on any atom is 0.242 e. The monoisotopic (exact) mass is 484 g/mol. The molecule has 2 heterocycles. The predicted molar refractivity (Wildman–Crippen MR) is 149 cm³/mol. The molecule has 1 aromatic heterocycles. The van der Waals surface area contributed by atoms with Crippen molar-refractivity contribution in [3.8, 4) is 5.69 Å². The summed E-state index contributed by atoms with van der Waals surface area (Å²) in [6.45, 7) is 12.0. The quantitative estimate of drug-likeness (QED) is 0.373. The molecule has 1 atom stereocenters. The lowest BCUT2D eigenvalue weighted by Crippen LogP contribution is -2.51. The maximum absolute atomic E-state index is 5.11. The van der Waals surface area contributed by atoms with E-state index in [0.717, 1.165) is 49.8 Å². The molecule has 1 saturated heterocycles. The van der Waals surface area contributed by atoms with Crippen molar-refractivity contribution in [3.63, 3.8) is 0 Å². The Hall–Kier alpha value is -2.98. The summed E-state index contributed by atoms with van der Waals surface area (Å²) >= 11 is 0. The summed E-state index contributed by atoms with van der Waals surface area (Å²) in [5.41, 5.74) is 4.53. The first-order valence-corrected chi connectivity index (χ1v) is 14.3. The first-order chi connectivity index (χ1) is 17.1. The second-order valence-corrected chi connectivity index (χ2v) is 12.1. The summed E-state index contributed by atoms with van der Waals surface area (Å²) in [7, 11) is -2.24. The van der Waals surface area contributed by atoms with E-state index in [2.05, 4.69) is 131 Å². The van der Waals surface area contributed by atoms with Gasteiger partial charge in [-0.3, -0.25) is 0 Å². The van der Waals surface area contributed by atoms with Gasteiger partial charge in [0.05, 0.1) is 17.1 Å². The van der Waals surface area contributed by atoms with Gasteiger partial charge in [-0.05, 0) is 56.8 Å². The van der Waals surface area contributed by atoms with Crippen LogP contribution in [0.4, 0.5) is 5.69 Å². The molecule has 35 heavy (non-hydrogen) atoms. The van der Waals surface area contributed by atoms with Crippen LogP contribution in [0.1, 0.15) is 18.3 Å². The molecule has 1 N–H and O–H groups in total. The Labute approximate surface area is 209 Å². The molecule has 0 saturated carbocycles. The minimum Gasteiger partial charge on any atom is -0.301 e. The van der Waals surface area contributed by atoms with E-state index in [-0.39, 0.29) is 0 Å². The zero-order chi connectivity index (χ0) is 24.3. The minimum atomic E-state index is -2.24.